The van der Waals surface area contributed by atoms with E-state index in [0.29, 0.717) is 6.04 Å². The lowest BCUT2D eigenvalue weighted by atomic mass is 10.2. The first-order chi connectivity index (χ1) is 8.22. The zero-order chi connectivity index (χ0) is 12.7. The second-order valence-electron chi connectivity index (χ2n) is 4.70. The number of rotatable bonds is 6. The van der Waals surface area contributed by atoms with E-state index in [0.717, 1.165) is 52.0 Å². The molecule has 1 fully saturated rings. The fourth-order valence-electron chi connectivity index (χ4n) is 2.45. The Kier molecular flexibility index (Phi) is 6.34. The molecule has 1 saturated heterocycles. The number of likely N-dealkylation sites (N-methyl/N-ethyl adjacent to an activating group) is 1. The van der Waals surface area contributed by atoms with Gasteiger partial charge in [-0.3, -0.25) is 4.90 Å². The number of nitrogens with zero attached hydrogens (tertiary/aromatic N) is 2. The van der Waals surface area contributed by atoms with Crippen LogP contribution in [0.3, 0.4) is 0 Å². The molecule has 1 unspecified atom stereocenters. The van der Waals surface area contributed by atoms with Gasteiger partial charge in [-0.15, -0.1) is 0 Å². The highest BCUT2D eigenvalue weighted by Gasteiger charge is 2.28. The quantitative estimate of drug-likeness (QED) is 0.721. The Bertz CT molecular complexity index is 229. The first kappa shape index (κ1) is 14.3. The maximum absolute atomic E-state index is 11.9. The summed E-state index contributed by atoms with van der Waals surface area (Å²) in [6.07, 6.45) is 3.31. The third kappa shape index (κ3) is 4.19. The second kappa shape index (κ2) is 7.54. The van der Waals surface area contributed by atoms with Gasteiger partial charge in [-0.25, -0.2) is 4.79 Å². The van der Waals surface area contributed by atoms with Crippen molar-refractivity contribution in [3.63, 3.8) is 0 Å². The van der Waals surface area contributed by atoms with Crippen molar-refractivity contribution in [2.45, 2.75) is 46.1 Å². The summed E-state index contributed by atoms with van der Waals surface area (Å²) in [4.78, 5) is 16.3. The van der Waals surface area contributed by atoms with Crippen LogP contribution in [0.25, 0.3) is 0 Å². The van der Waals surface area contributed by atoms with Gasteiger partial charge in [0.2, 0.25) is 0 Å². The van der Waals surface area contributed by atoms with Crippen LogP contribution in [0.15, 0.2) is 0 Å². The third-order valence-corrected chi connectivity index (χ3v) is 3.59. The van der Waals surface area contributed by atoms with E-state index >= 15 is 0 Å². The maximum Gasteiger partial charge on any atom is 0.317 e. The third-order valence-electron chi connectivity index (χ3n) is 3.59. The molecule has 0 aromatic rings. The van der Waals surface area contributed by atoms with Crippen molar-refractivity contribution in [1.29, 1.82) is 0 Å². The van der Waals surface area contributed by atoms with Crippen molar-refractivity contribution in [2.24, 2.45) is 0 Å². The zero-order valence-electron chi connectivity index (χ0n) is 11.5. The number of hydrogen-bond acceptors (Lipinski definition) is 2. The molecule has 1 rings (SSSR count). The molecule has 0 radical (unpaired) electrons. The van der Waals surface area contributed by atoms with E-state index in [1.807, 2.05) is 4.90 Å². The van der Waals surface area contributed by atoms with E-state index in [2.05, 4.69) is 31.0 Å². The highest BCUT2D eigenvalue weighted by molar-refractivity contribution is 5.74. The highest BCUT2D eigenvalue weighted by Crippen LogP contribution is 2.15. The average molecular weight is 241 g/mol. The van der Waals surface area contributed by atoms with Crippen LogP contribution in [0.4, 0.5) is 4.79 Å². The van der Waals surface area contributed by atoms with Crippen molar-refractivity contribution in [1.82, 2.24) is 15.1 Å². The van der Waals surface area contributed by atoms with Crippen molar-refractivity contribution < 1.29 is 4.79 Å². The van der Waals surface area contributed by atoms with Crippen LogP contribution in [0, 0.1) is 0 Å². The standard InChI is InChI=1S/C13H27N3O/c1-4-7-9-14-13(17)16-10-8-12(11-16)15(5-2)6-3/h12H,4-11H2,1-3H3,(H,14,17). The number of nitrogens with one attached hydrogen (secondary N) is 1. The summed E-state index contributed by atoms with van der Waals surface area (Å²) < 4.78 is 0. The molecule has 4 nitrogen and oxygen atoms in total. The van der Waals surface area contributed by atoms with Gasteiger partial charge in [0.1, 0.15) is 0 Å². The number of carbonyl (C=O) groups excluding carboxylic acids is 1. The van der Waals surface area contributed by atoms with Gasteiger partial charge >= 0.3 is 6.03 Å². The molecule has 0 aromatic heterocycles. The largest absolute Gasteiger partial charge is 0.338 e. The molecule has 0 saturated carbocycles. The molecule has 0 aliphatic carbocycles. The van der Waals surface area contributed by atoms with E-state index in [1.165, 1.54) is 0 Å². The van der Waals surface area contributed by atoms with Crippen LogP contribution >= 0.6 is 0 Å². The minimum atomic E-state index is 0.119. The molecule has 0 spiro atoms. The predicted octanol–water partition coefficient (Wildman–Crippen LogP) is 1.91. The molecule has 17 heavy (non-hydrogen) atoms. The highest BCUT2D eigenvalue weighted by atomic mass is 16.2. The number of carbonyl (C=O) groups is 1. The van der Waals surface area contributed by atoms with Gasteiger partial charge in [-0.2, -0.15) is 0 Å². The van der Waals surface area contributed by atoms with Gasteiger partial charge in [0, 0.05) is 25.7 Å². The number of amides is 2. The van der Waals surface area contributed by atoms with Gasteiger partial charge in [0.25, 0.3) is 0 Å². The minimum absolute atomic E-state index is 0.119. The first-order valence-corrected chi connectivity index (χ1v) is 6.99. The summed E-state index contributed by atoms with van der Waals surface area (Å²) >= 11 is 0. The summed E-state index contributed by atoms with van der Waals surface area (Å²) in [7, 11) is 0. The molecule has 0 aromatic carbocycles. The lowest BCUT2D eigenvalue weighted by molar-refractivity contribution is 0.193. The van der Waals surface area contributed by atoms with Crippen molar-refractivity contribution in [3.8, 4) is 0 Å². The molecular formula is C13H27N3O. The summed E-state index contributed by atoms with van der Waals surface area (Å²) in [5.74, 6) is 0. The topological polar surface area (TPSA) is 35.6 Å². The van der Waals surface area contributed by atoms with Crippen LogP contribution < -0.4 is 5.32 Å². The SMILES string of the molecule is CCCCNC(=O)N1CCC(N(CC)CC)C1. The monoisotopic (exact) mass is 241 g/mol. The second-order valence-corrected chi connectivity index (χ2v) is 4.70. The Balaban J connectivity index is 2.31. The Labute approximate surface area is 105 Å². The summed E-state index contributed by atoms with van der Waals surface area (Å²) in [5, 5.41) is 2.99. The summed E-state index contributed by atoms with van der Waals surface area (Å²) in [6.45, 7) is 11.3. The molecule has 1 heterocycles. The molecule has 1 aliphatic heterocycles. The van der Waals surface area contributed by atoms with E-state index in [4.69, 9.17) is 0 Å². The number of likely N-dealkylation sites (tertiary alicyclic amines) is 1. The van der Waals surface area contributed by atoms with E-state index in [-0.39, 0.29) is 6.03 Å². The van der Waals surface area contributed by atoms with Crippen molar-refractivity contribution in [3.05, 3.63) is 0 Å². The molecule has 4 heteroatoms. The van der Waals surface area contributed by atoms with Gasteiger partial charge in [0.15, 0.2) is 0 Å². The average Bonchev–Trinajstić information content (AvgIpc) is 2.80. The van der Waals surface area contributed by atoms with E-state index in [9.17, 15) is 4.79 Å². The number of urea groups is 1. The summed E-state index contributed by atoms with van der Waals surface area (Å²) in [5.41, 5.74) is 0. The number of hydrogen-bond donors (Lipinski definition) is 1. The lowest BCUT2D eigenvalue weighted by Crippen LogP contribution is -2.42. The summed E-state index contributed by atoms with van der Waals surface area (Å²) in [6, 6.07) is 0.676. The first-order valence-electron chi connectivity index (χ1n) is 6.99. The van der Waals surface area contributed by atoms with E-state index in [1.54, 1.807) is 0 Å². The molecule has 100 valence electrons. The Hall–Kier alpha value is -0.770. The Morgan fingerprint density at radius 3 is 2.65 bits per heavy atom. The molecule has 1 atom stereocenters. The Morgan fingerprint density at radius 1 is 1.35 bits per heavy atom. The van der Waals surface area contributed by atoms with Crippen molar-refractivity contribution >= 4 is 6.03 Å². The van der Waals surface area contributed by atoms with Crippen LogP contribution in [0.2, 0.25) is 0 Å². The fourth-order valence-corrected chi connectivity index (χ4v) is 2.45. The van der Waals surface area contributed by atoms with Gasteiger partial charge < -0.3 is 10.2 Å². The van der Waals surface area contributed by atoms with Crippen LogP contribution in [-0.4, -0.2) is 54.6 Å². The van der Waals surface area contributed by atoms with Gasteiger partial charge in [0.05, 0.1) is 0 Å². The fraction of sp³-hybridized carbons (Fsp3) is 0.923. The minimum Gasteiger partial charge on any atom is -0.338 e. The van der Waals surface area contributed by atoms with Gasteiger partial charge in [-0.05, 0) is 25.9 Å². The number of unbranched alkanes of at least 4 members (excludes halogenated alkanes) is 1. The molecular weight excluding hydrogens is 214 g/mol. The van der Waals surface area contributed by atoms with Crippen LogP contribution in [0.5, 0.6) is 0 Å². The normalized spacial score (nSPS) is 20.0. The Morgan fingerprint density at radius 2 is 2.06 bits per heavy atom. The predicted molar refractivity (Wildman–Crippen MR) is 71.2 cm³/mol. The van der Waals surface area contributed by atoms with Gasteiger partial charge in [-0.1, -0.05) is 27.2 Å². The molecule has 0 bridgehead atoms. The molecule has 1 N–H and O–H groups in total. The van der Waals surface area contributed by atoms with Crippen LogP contribution in [-0.2, 0) is 0 Å². The zero-order valence-corrected chi connectivity index (χ0v) is 11.5. The van der Waals surface area contributed by atoms with Crippen molar-refractivity contribution in [2.75, 3.05) is 32.7 Å². The van der Waals surface area contributed by atoms with E-state index < -0.39 is 0 Å². The smallest absolute Gasteiger partial charge is 0.317 e. The maximum atomic E-state index is 11.9. The lowest BCUT2D eigenvalue weighted by Gasteiger charge is -2.26. The molecule has 1 aliphatic rings. The molecule has 2 amide bonds. The van der Waals surface area contributed by atoms with Crippen LogP contribution in [0.1, 0.15) is 40.0 Å².